The summed E-state index contributed by atoms with van der Waals surface area (Å²) in [5.74, 6) is 0.169. The molecular weight excluding hydrogens is 466 g/mol. The van der Waals surface area contributed by atoms with Crippen molar-refractivity contribution in [2.24, 2.45) is 0 Å². The molecular formula is C30H63NO4Si. The summed E-state index contributed by atoms with van der Waals surface area (Å²) in [6.45, 7) is 10.8. The summed E-state index contributed by atoms with van der Waals surface area (Å²) < 4.78 is 17.6. The lowest BCUT2D eigenvalue weighted by Crippen LogP contribution is -2.45. The highest BCUT2D eigenvalue weighted by Crippen LogP contribution is 2.20. The number of amides is 1. The SMILES string of the molecule is CCCCCCCCCCCCCCCCCCCNC(=O)CCCC[Si](OCC)(OCC)OCC. The minimum atomic E-state index is -2.57. The average Bonchev–Trinajstić information content (AvgIpc) is 2.86. The maximum absolute atomic E-state index is 12.1. The van der Waals surface area contributed by atoms with Crippen LogP contribution in [0.2, 0.25) is 6.04 Å². The van der Waals surface area contributed by atoms with Gasteiger partial charge in [-0.3, -0.25) is 4.79 Å². The van der Waals surface area contributed by atoms with Gasteiger partial charge >= 0.3 is 8.80 Å². The maximum Gasteiger partial charge on any atom is 0.500 e. The number of unbranched alkanes of at least 4 members (excludes halogenated alkanes) is 17. The van der Waals surface area contributed by atoms with Crippen molar-refractivity contribution in [3.8, 4) is 0 Å². The Morgan fingerprint density at radius 3 is 1.31 bits per heavy atom. The number of nitrogens with one attached hydrogen (secondary N) is 1. The fourth-order valence-electron chi connectivity index (χ4n) is 4.79. The Morgan fingerprint density at radius 1 is 0.528 bits per heavy atom. The van der Waals surface area contributed by atoms with Gasteiger partial charge in [0.1, 0.15) is 0 Å². The van der Waals surface area contributed by atoms with E-state index in [9.17, 15) is 4.79 Å². The zero-order valence-electron chi connectivity index (χ0n) is 24.8. The highest BCUT2D eigenvalue weighted by Gasteiger charge is 2.39. The molecule has 0 saturated heterocycles. The Labute approximate surface area is 226 Å². The molecule has 0 rings (SSSR count). The summed E-state index contributed by atoms with van der Waals surface area (Å²) in [6, 6.07) is 0.787. The van der Waals surface area contributed by atoms with E-state index in [-0.39, 0.29) is 5.91 Å². The van der Waals surface area contributed by atoms with Crippen LogP contribution >= 0.6 is 0 Å². The van der Waals surface area contributed by atoms with E-state index in [0.29, 0.717) is 26.2 Å². The second-order valence-electron chi connectivity index (χ2n) is 10.2. The van der Waals surface area contributed by atoms with Crippen LogP contribution < -0.4 is 5.32 Å². The van der Waals surface area contributed by atoms with E-state index < -0.39 is 8.80 Å². The van der Waals surface area contributed by atoms with E-state index in [2.05, 4.69) is 12.2 Å². The first-order chi connectivity index (χ1) is 17.6. The fourth-order valence-corrected chi connectivity index (χ4v) is 7.48. The molecule has 0 fully saturated rings. The molecule has 0 aliphatic heterocycles. The summed E-state index contributed by atoms with van der Waals surface area (Å²) in [6.07, 6.45) is 25.8. The van der Waals surface area contributed by atoms with Crippen molar-refractivity contribution in [3.63, 3.8) is 0 Å². The maximum atomic E-state index is 12.1. The molecule has 0 aliphatic carbocycles. The van der Waals surface area contributed by atoms with Crippen molar-refractivity contribution in [3.05, 3.63) is 0 Å². The summed E-state index contributed by atoms with van der Waals surface area (Å²) in [7, 11) is -2.57. The van der Waals surface area contributed by atoms with Gasteiger partial charge in [-0.1, -0.05) is 110 Å². The van der Waals surface area contributed by atoms with Crippen LogP contribution in [0.4, 0.5) is 0 Å². The zero-order valence-corrected chi connectivity index (χ0v) is 25.8. The van der Waals surface area contributed by atoms with Crippen LogP contribution in [0, 0.1) is 0 Å². The lowest BCUT2D eigenvalue weighted by molar-refractivity contribution is -0.121. The van der Waals surface area contributed by atoms with E-state index in [0.717, 1.165) is 31.9 Å². The van der Waals surface area contributed by atoms with Crippen LogP contribution in [0.5, 0.6) is 0 Å². The Hall–Kier alpha value is -0.433. The van der Waals surface area contributed by atoms with Crippen molar-refractivity contribution in [1.29, 1.82) is 0 Å². The Morgan fingerprint density at radius 2 is 0.917 bits per heavy atom. The predicted octanol–water partition coefficient (Wildman–Crippen LogP) is 8.97. The van der Waals surface area contributed by atoms with Gasteiger partial charge in [0.05, 0.1) is 0 Å². The average molecular weight is 530 g/mol. The summed E-state index contributed by atoms with van der Waals surface area (Å²) in [5, 5.41) is 3.09. The standard InChI is InChI=1S/C30H63NO4Si/c1-5-9-10-11-12-13-14-15-16-17-18-19-20-21-22-23-25-28-31-30(32)27-24-26-29-36(33-6-2,34-7-3)35-8-4/h5-29H2,1-4H3,(H,31,32). The first kappa shape index (κ1) is 35.6. The highest BCUT2D eigenvalue weighted by atomic mass is 28.4. The molecule has 216 valence electrons. The second-order valence-corrected chi connectivity index (χ2v) is 12.9. The number of hydrogen-bond acceptors (Lipinski definition) is 4. The van der Waals surface area contributed by atoms with E-state index in [1.807, 2.05) is 20.8 Å². The van der Waals surface area contributed by atoms with Crippen LogP contribution in [0.15, 0.2) is 0 Å². The molecule has 0 heterocycles. The van der Waals surface area contributed by atoms with Crippen LogP contribution in [-0.2, 0) is 18.1 Å². The van der Waals surface area contributed by atoms with Crippen molar-refractivity contribution < 1.29 is 18.1 Å². The zero-order chi connectivity index (χ0) is 26.6. The highest BCUT2D eigenvalue weighted by molar-refractivity contribution is 6.60. The van der Waals surface area contributed by atoms with Crippen LogP contribution in [0.1, 0.15) is 156 Å². The van der Waals surface area contributed by atoms with Gasteiger partial charge in [-0.15, -0.1) is 0 Å². The molecule has 1 N–H and O–H groups in total. The van der Waals surface area contributed by atoms with Gasteiger partial charge in [0.25, 0.3) is 0 Å². The van der Waals surface area contributed by atoms with Gasteiger partial charge in [-0.25, -0.2) is 0 Å². The lowest BCUT2D eigenvalue weighted by atomic mass is 10.0. The first-order valence-corrected chi connectivity index (χ1v) is 17.8. The quantitative estimate of drug-likeness (QED) is 0.0776. The third-order valence-electron chi connectivity index (χ3n) is 6.83. The lowest BCUT2D eigenvalue weighted by Gasteiger charge is -2.28. The first-order valence-electron chi connectivity index (χ1n) is 15.8. The minimum absolute atomic E-state index is 0.169. The van der Waals surface area contributed by atoms with Crippen molar-refractivity contribution in [2.45, 2.75) is 162 Å². The molecule has 6 heteroatoms. The minimum Gasteiger partial charge on any atom is -0.374 e. The summed E-state index contributed by atoms with van der Waals surface area (Å²) in [5.41, 5.74) is 0. The molecule has 0 aromatic heterocycles. The Balaban J connectivity index is 3.46. The largest absolute Gasteiger partial charge is 0.500 e. The van der Waals surface area contributed by atoms with Gasteiger partial charge in [-0.2, -0.15) is 0 Å². The number of carbonyl (C=O) groups excluding carboxylic acids is 1. The summed E-state index contributed by atoms with van der Waals surface area (Å²) in [4.78, 5) is 12.1. The number of hydrogen-bond donors (Lipinski definition) is 1. The van der Waals surface area contributed by atoms with Gasteiger partial charge < -0.3 is 18.6 Å². The van der Waals surface area contributed by atoms with E-state index in [1.165, 1.54) is 103 Å². The predicted molar refractivity (Wildman–Crippen MR) is 156 cm³/mol. The molecule has 1 amide bonds. The Kier molecular flexibility index (Phi) is 27.3. The molecule has 0 aromatic carbocycles. The van der Waals surface area contributed by atoms with Gasteiger partial charge in [0, 0.05) is 38.8 Å². The molecule has 0 aromatic rings. The number of rotatable bonds is 29. The molecule has 0 atom stereocenters. The van der Waals surface area contributed by atoms with Gasteiger partial charge in [0.2, 0.25) is 5.91 Å². The van der Waals surface area contributed by atoms with Crippen LogP contribution in [-0.4, -0.2) is 41.1 Å². The third kappa shape index (κ3) is 22.7. The van der Waals surface area contributed by atoms with Crippen LogP contribution in [0.25, 0.3) is 0 Å². The monoisotopic (exact) mass is 529 g/mol. The van der Waals surface area contributed by atoms with Gasteiger partial charge in [-0.05, 0) is 40.0 Å². The molecule has 0 bridgehead atoms. The molecule has 0 radical (unpaired) electrons. The molecule has 36 heavy (non-hydrogen) atoms. The molecule has 0 aliphatic rings. The normalized spacial score (nSPS) is 11.8. The molecule has 0 spiro atoms. The third-order valence-corrected chi connectivity index (χ3v) is 9.98. The van der Waals surface area contributed by atoms with Crippen molar-refractivity contribution >= 4 is 14.7 Å². The topological polar surface area (TPSA) is 56.8 Å². The van der Waals surface area contributed by atoms with E-state index in [4.69, 9.17) is 13.3 Å². The Bertz CT molecular complexity index is 447. The number of carbonyl (C=O) groups is 1. The van der Waals surface area contributed by atoms with Gasteiger partial charge in [0.15, 0.2) is 0 Å². The van der Waals surface area contributed by atoms with E-state index >= 15 is 0 Å². The second kappa shape index (κ2) is 27.6. The molecule has 0 saturated carbocycles. The smallest absolute Gasteiger partial charge is 0.374 e. The fraction of sp³-hybridized carbons (Fsp3) is 0.967. The van der Waals surface area contributed by atoms with Crippen LogP contribution in [0.3, 0.4) is 0 Å². The molecule has 0 unspecified atom stereocenters. The van der Waals surface area contributed by atoms with Crippen molar-refractivity contribution in [1.82, 2.24) is 5.32 Å². The van der Waals surface area contributed by atoms with E-state index in [1.54, 1.807) is 0 Å². The summed E-state index contributed by atoms with van der Waals surface area (Å²) >= 11 is 0. The molecule has 5 nitrogen and oxygen atoms in total. The van der Waals surface area contributed by atoms with Crippen molar-refractivity contribution in [2.75, 3.05) is 26.4 Å².